The number of hydrazone groups is 1. The molecule has 5 rings (SSSR count). The number of carbonyl (C=O) groups is 2. The lowest BCUT2D eigenvalue weighted by molar-refractivity contribution is -0.141. The molecule has 2 heterocycles. The van der Waals surface area contributed by atoms with Crippen LogP contribution in [0.5, 0.6) is 11.5 Å². The molecule has 1 fully saturated rings. The molecule has 7 nitrogen and oxygen atoms in total. The van der Waals surface area contributed by atoms with Crippen molar-refractivity contribution >= 4 is 17.5 Å². The summed E-state index contributed by atoms with van der Waals surface area (Å²) in [7, 11) is 1.65. The third-order valence-electron chi connectivity index (χ3n) is 5.80. The van der Waals surface area contributed by atoms with E-state index in [0.717, 1.165) is 24.0 Å². The van der Waals surface area contributed by atoms with Crippen molar-refractivity contribution in [1.29, 1.82) is 0 Å². The Hall–Kier alpha value is -3.42. The molecule has 8 heteroatoms. The van der Waals surface area contributed by atoms with E-state index in [9.17, 15) is 14.0 Å². The standard InChI is InChI=1S/C23H22FN3O4/c1-26(23(29)15-2-3-15)12-22(28)27-19(16-6-9-20-21(10-16)31-13-30-20)11-18(25-27)14-4-7-17(24)8-5-14/h4-10,15,19H,2-3,11-13H2,1H3/t19-/m1/s1. The lowest BCUT2D eigenvalue weighted by atomic mass is 9.98. The van der Waals surface area contributed by atoms with E-state index in [0.29, 0.717) is 23.6 Å². The lowest BCUT2D eigenvalue weighted by Gasteiger charge is -2.25. The summed E-state index contributed by atoms with van der Waals surface area (Å²) in [4.78, 5) is 26.9. The molecule has 0 N–H and O–H groups in total. The summed E-state index contributed by atoms with van der Waals surface area (Å²) in [5, 5.41) is 6.02. The van der Waals surface area contributed by atoms with E-state index >= 15 is 0 Å². The Morgan fingerprint density at radius 2 is 1.87 bits per heavy atom. The first-order valence-corrected chi connectivity index (χ1v) is 10.3. The van der Waals surface area contributed by atoms with Crippen LogP contribution in [-0.2, 0) is 9.59 Å². The number of halogens is 1. The van der Waals surface area contributed by atoms with E-state index in [4.69, 9.17) is 9.47 Å². The molecule has 2 aromatic carbocycles. The Morgan fingerprint density at radius 3 is 2.61 bits per heavy atom. The molecule has 0 bridgehead atoms. The first-order chi connectivity index (χ1) is 15.0. The second kappa shape index (κ2) is 7.68. The van der Waals surface area contributed by atoms with Crippen LogP contribution >= 0.6 is 0 Å². The van der Waals surface area contributed by atoms with Gasteiger partial charge in [0.15, 0.2) is 11.5 Å². The van der Waals surface area contributed by atoms with Gasteiger partial charge in [0.2, 0.25) is 12.7 Å². The molecular formula is C23H22FN3O4. The van der Waals surface area contributed by atoms with Crippen LogP contribution < -0.4 is 9.47 Å². The summed E-state index contributed by atoms with van der Waals surface area (Å²) < 4.78 is 24.2. The Bertz CT molecular complexity index is 1060. The summed E-state index contributed by atoms with van der Waals surface area (Å²) in [6, 6.07) is 11.3. The topological polar surface area (TPSA) is 71.4 Å². The van der Waals surface area contributed by atoms with E-state index in [-0.39, 0.29) is 42.9 Å². The van der Waals surface area contributed by atoms with Gasteiger partial charge in [0.25, 0.3) is 5.91 Å². The van der Waals surface area contributed by atoms with Crippen molar-refractivity contribution in [2.75, 3.05) is 20.4 Å². The van der Waals surface area contributed by atoms with Crippen molar-refractivity contribution in [2.45, 2.75) is 25.3 Å². The molecular weight excluding hydrogens is 401 g/mol. The zero-order valence-electron chi connectivity index (χ0n) is 17.1. The predicted molar refractivity (Wildman–Crippen MR) is 110 cm³/mol. The number of fused-ring (bicyclic) bond motifs is 1. The third-order valence-corrected chi connectivity index (χ3v) is 5.80. The van der Waals surface area contributed by atoms with Crippen LogP contribution in [0.4, 0.5) is 4.39 Å². The molecule has 0 unspecified atom stereocenters. The summed E-state index contributed by atoms with van der Waals surface area (Å²) in [5.74, 6) is 0.726. The maximum Gasteiger partial charge on any atom is 0.262 e. The summed E-state index contributed by atoms with van der Waals surface area (Å²) in [5.41, 5.74) is 2.30. The van der Waals surface area contributed by atoms with Crippen LogP contribution in [0.25, 0.3) is 0 Å². The highest BCUT2D eigenvalue weighted by atomic mass is 19.1. The Morgan fingerprint density at radius 1 is 1.13 bits per heavy atom. The molecule has 2 aromatic rings. The zero-order chi connectivity index (χ0) is 21.5. The van der Waals surface area contributed by atoms with Gasteiger partial charge in [0.1, 0.15) is 12.4 Å². The van der Waals surface area contributed by atoms with Gasteiger partial charge in [0.05, 0.1) is 11.8 Å². The summed E-state index contributed by atoms with van der Waals surface area (Å²) in [6.07, 6.45) is 2.23. The highest BCUT2D eigenvalue weighted by Crippen LogP contribution is 2.39. The fourth-order valence-corrected chi connectivity index (χ4v) is 3.93. The fraction of sp³-hybridized carbons (Fsp3) is 0.348. The maximum absolute atomic E-state index is 13.4. The second-order valence-corrected chi connectivity index (χ2v) is 8.09. The molecule has 0 spiro atoms. The third kappa shape index (κ3) is 3.85. The van der Waals surface area contributed by atoms with Gasteiger partial charge < -0.3 is 14.4 Å². The van der Waals surface area contributed by atoms with Crippen LogP contribution in [0.2, 0.25) is 0 Å². The second-order valence-electron chi connectivity index (χ2n) is 8.09. The van der Waals surface area contributed by atoms with Gasteiger partial charge in [0, 0.05) is 19.4 Å². The van der Waals surface area contributed by atoms with Crippen LogP contribution in [0.3, 0.4) is 0 Å². The normalized spacial score (nSPS) is 19.4. The molecule has 3 aliphatic rings. The highest BCUT2D eigenvalue weighted by molar-refractivity contribution is 6.03. The largest absolute Gasteiger partial charge is 0.454 e. The number of rotatable bonds is 5. The van der Waals surface area contributed by atoms with Crippen molar-refractivity contribution < 1.29 is 23.5 Å². The number of benzene rings is 2. The molecule has 31 heavy (non-hydrogen) atoms. The van der Waals surface area contributed by atoms with Gasteiger partial charge in [-0.2, -0.15) is 5.10 Å². The van der Waals surface area contributed by atoms with Gasteiger partial charge >= 0.3 is 0 Å². The molecule has 2 aliphatic heterocycles. The molecule has 0 radical (unpaired) electrons. The number of ether oxygens (including phenoxy) is 2. The highest BCUT2D eigenvalue weighted by Gasteiger charge is 2.37. The van der Waals surface area contributed by atoms with Gasteiger partial charge in [-0.1, -0.05) is 18.2 Å². The van der Waals surface area contributed by atoms with E-state index in [2.05, 4.69) is 5.10 Å². The number of nitrogens with zero attached hydrogens (tertiary/aromatic N) is 3. The lowest BCUT2D eigenvalue weighted by Crippen LogP contribution is -2.39. The monoisotopic (exact) mass is 423 g/mol. The van der Waals surface area contributed by atoms with Crippen LogP contribution in [0.15, 0.2) is 47.6 Å². The molecule has 2 amide bonds. The van der Waals surface area contributed by atoms with Crippen molar-refractivity contribution in [1.82, 2.24) is 9.91 Å². The minimum absolute atomic E-state index is 0.00471. The van der Waals surface area contributed by atoms with Crippen molar-refractivity contribution in [3.63, 3.8) is 0 Å². The van der Waals surface area contributed by atoms with Gasteiger partial charge in [-0.25, -0.2) is 9.40 Å². The number of amides is 2. The average molecular weight is 423 g/mol. The minimum Gasteiger partial charge on any atom is -0.454 e. The molecule has 0 saturated heterocycles. The predicted octanol–water partition coefficient (Wildman–Crippen LogP) is 3.10. The quantitative estimate of drug-likeness (QED) is 0.741. The smallest absolute Gasteiger partial charge is 0.262 e. The van der Waals surface area contributed by atoms with E-state index in [1.54, 1.807) is 19.2 Å². The first kappa shape index (κ1) is 19.5. The summed E-state index contributed by atoms with van der Waals surface area (Å²) >= 11 is 0. The van der Waals surface area contributed by atoms with Crippen LogP contribution in [0, 0.1) is 11.7 Å². The van der Waals surface area contributed by atoms with E-state index < -0.39 is 0 Å². The molecule has 1 aliphatic carbocycles. The first-order valence-electron chi connectivity index (χ1n) is 10.3. The van der Waals surface area contributed by atoms with Crippen molar-refractivity contribution in [2.24, 2.45) is 11.0 Å². The Balaban J connectivity index is 1.43. The summed E-state index contributed by atoms with van der Waals surface area (Å²) in [6.45, 7) is 0.119. The molecule has 1 saturated carbocycles. The van der Waals surface area contributed by atoms with Gasteiger partial charge in [-0.3, -0.25) is 9.59 Å². The molecule has 0 aromatic heterocycles. The van der Waals surface area contributed by atoms with E-state index in [1.807, 2.05) is 18.2 Å². The Kier molecular flexibility index (Phi) is 4.84. The number of hydrogen-bond donors (Lipinski definition) is 0. The zero-order valence-corrected chi connectivity index (χ0v) is 17.1. The number of hydrogen-bond acceptors (Lipinski definition) is 5. The van der Waals surface area contributed by atoms with Gasteiger partial charge in [-0.15, -0.1) is 0 Å². The van der Waals surface area contributed by atoms with Crippen LogP contribution in [0.1, 0.15) is 36.4 Å². The minimum atomic E-state index is -0.355. The maximum atomic E-state index is 13.4. The average Bonchev–Trinajstić information content (AvgIpc) is 3.34. The number of likely N-dealkylation sites (N-methyl/N-ethyl adjacent to an activating group) is 1. The number of carbonyl (C=O) groups excluding carboxylic acids is 2. The van der Waals surface area contributed by atoms with Crippen LogP contribution in [-0.4, -0.2) is 47.8 Å². The molecule has 1 atom stereocenters. The fourth-order valence-electron chi connectivity index (χ4n) is 3.93. The van der Waals surface area contributed by atoms with Crippen molar-refractivity contribution in [3.05, 3.63) is 59.4 Å². The Labute approximate surface area is 179 Å². The van der Waals surface area contributed by atoms with Crippen molar-refractivity contribution in [3.8, 4) is 11.5 Å². The van der Waals surface area contributed by atoms with Gasteiger partial charge in [-0.05, 0) is 48.2 Å². The molecule has 160 valence electrons. The van der Waals surface area contributed by atoms with E-state index in [1.165, 1.54) is 22.0 Å². The SMILES string of the molecule is CN(CC(=O)N1N=C(c2ccc(F)cc2)C[C@@H]1c1ccc2c(c1)OCO2)C(=O)C1CC1.